The lowest BCUT2D eigenvalue weighted by Crippen LogP contribution is -2.22. The van der Waals surface area contributed by atoms with Crippen molar-refractivity contribution in [3.8, 4) is 28.4 Å². The summed E-state index contributed by atoms with van der Waals surface area (Å²) in [5, 5.41) is 0.431. The van der Waals surface area contributed by atoms with Crippen LogP contribution in [0.1, 0.15) is 23.5 Å². The van der Waals surface area contributed by atoms with Gasteiger partial charge in [-0.2, -0.15) is 0 Å². The Morgan fingerprint density at radius 1 is 0.938 bits per heavy atom. The van der Waals surface area contributed by atoms with Crippen LogP contribution in [0.25, 0.3) is 22.1 Å². The highest BCUT2D eigenvalue weighted by Gasteiger charge is 2.34. The number of benzene rings is 3. The molecule has 1 atom stereocenters. The quantitative estimate of drug-likeness (QED) is 0.339. The third-order valence-corrected chi connectivity index (χ3v) is 5.78. The van der Waals surface area contributed by atoms with Gasteiger partial charge in [-0.1, -0.05) is 36.4 Å². The first-order valence-electron chi connectivity index (χ1n) is 10.2. The fraction of sp³-hybridized carbons (Fsp3) is 0.154. The summed E-state index contributed by atoms with van der Waals surface area (Å²) in [5.74, 6) is 0.841. The zero-order chi connectivity index (χ0) is 22.2. The Labute approximate surface area is 184 Å². The van der Waals surface area contributed by atoms with Gasteiger partial charge in [0.2, 0.25) is 5.43 Å². The number of fused-ring (bicyclic) bond motifs is 3. The summed E-state index contributed by atoms with van der Waals surface area (Å²) < 4.78 is 22.4. The highest BCUT2D eigenvalue weighted by Crippen LogP contribution is 2.45. The van der Waals surface area contributed by atoms with Gasteiger partial charge in [0.25, 0.3) is 0 Å². The van der Waals surface area contributed by atoms with Crippen LogP contribution < -0.4 is 19.6 Å². The van der Waals surface area contributed by atoms with Crippen molar-refractivity contribution in [3.63, 3.8) is 0 Å². The molecule has 0 amide bonds. The third-order valence-electron chi connectivity index (χ3n) is 5.78. The van der Waals surface area contributed by atoms with Crippen molar-refractivity contribution in [2.45, 2.75) is 12.3 Å². The topological polar surface area (TPSA) is 75.0 Å². The molecular weight excluding hydrogens is 408 g/mol. The molecule has 2 heterocycles. The lowest BCUT2D eigenvalue weighted by molar-refractivity contribution is -0.135. The highest BCUT2D eigenvalue weighted by atomic mass is 16.5. The lowest BCUT2D eigenvalue weighted by Gasteiger charge is -2.26. The van der Waals surface area contributed by atoms with Gasteiger partial charge >= 0.3 is 5.97 Å². The average molecular weight is 428 g/mol. The van der Waals surface area contributed by atoms with E-state index in [1.54, 1.807) is 32.4 Å². The number of rotatable bonds is 4. The number of carbonyl (C=O) groups is 1. The summed E-state index contributed by atoms with van der Waals surface area (Å²) in [7, 11) is 3.14. The molecule has 0 spiro atoms. The maximum atomic E-state index is 13.3. The smallest absolute Gasteiger partial charge is 0.312 e. The molecule has 5 rings (SSSR count). The molecule has 0 aliphatic carbocycles. The largest absolute Gasteiger partial charge is 0.497 e. The van der Waals surface area contributed by atoms with E-state index in [9.17, 15) is 9.59 Å². The first kappa shape index (κ1) is 19.9. The third kappa shape index (κ3) is 3.21. The zero-order valence-electron chi connectivity index (χ0n) is 17.6. The van der Waals surface area contributed by atoms with Crippen LogP contribution in [-0.4, -0.2) is 20.2 Å². The van der Waals surface area contributed by atoms with Crippen LogP contribution in [0.15, 0.2) is 76.1 Å². The van der Waals surface area contributed by atoms with Crippen LogP contribution in [0.4, 0.5) is 0 Å². The normalized spacial score (nSPS) is 15.2. The van der Waals surface area contributed by atoms with E-state index in [0.29, 0.717) is 39.3 Å². The first-order chi connectivity index (χ1) is 15.6. The predicted octanol–water partition coefficient (Wildman–Crippen LogP) is 4.92. The van der Waals surface area contributed by atoms with Gasteiger partial charge < -0.3 is 18.6 Å². The molecule has 0 saturated carbocycles. The molecule has 1 aliphatic heterocycles. The van der Waals surface area contributed by atoms with E-state index in [-0.39, 0.29) is 17.8 Å². The van der Waals surface area contributed by atoms with Crippen molar-refractivity contribution in [1.29, 1.82) is 0 Å². The molecule has 6 nitrogen and oxygen atoms in total. The Balaban J connectivity index is 1.74. The molecule has 0 radical (unpaired) electrons. The SMILES string of the molecule is COc1ccc([C@H]2CC(=O)Oc3ccc4c(=O)c(-c5ccccc5)coc4c32)c(OC)c1. The second-order valence-corrected chi connectivity index (χ2v) is 7.54. The van der Waals surface area contributed by atoms with Crippen LogP contribution in [0.5, 0.6) is 17.2 Å². The number of hydrogen-bond donors (Lipinski definition) is 0. The van der Waals surface area contributed by atoms with E-state index in [0.717, 1.165) is 11.1 Å². The monoisotopic (exact) mass is 428 g/mol. The molecule has 0 saturated heterocycles. The van der Waals surface area contributed by atoms with Gasteiger partial charge in [0, 0.05) is 23.1 Å². The minimum atomic E-state index is -0.401. The highest BCUT2D eigenvalue weighted by molar-refractivity contribution is 5.90. The maximum absolute atomic E-state index is 13.3. The van der Waals surface area contributed by atoms with Gasteiger partial charge in [0.15, 0.2) is 0 Å². The van der Waals surface area contributed by atoms with Crippen LogP contribution in [-0.2, 0) is 4.79 Å². The first-order valence-corrected chi connectivity index (χ1v) is 10.2. The van der Waals surface area contributed by atoms with Gasteiger partial charge in [0.1, 0.15) is 29.1 Å². The Bertz CT molecular complexity index is 1390. The Morgan fingerprint density at radius 3 is 2.50 bits per heavy atom. The molecule has 4 aromatic rings. The van der Waals surface area contributed by atoms with Crippen molar-refractivity contribution in [1.82, 2.24) is 0 Å². The van der Waals surface area contributed by atoms with Crippen molar-refractivity contribution < 1.29 is 23.4 Å². The van der Waals surface area contributed by atoms with Crippen LogP contribution >= 0.6 is 0 Å². The number of esters is 1. The van der Waals surface area contributed by atoms with Gasteiger partial charge in [0.05, 0.1) is 31.6 Å². The molecule has 32 heavy (non-hydrogen) atoms. The van der Waals surface area contributed by atoms with Crippen molar-refractivity contribution in [2.75, 3.05) is 14.2 Å². The van der Waals surface area contributed by atoms with E-state index in [2.05, 4.69) is 0 Å². The van der Waals surface area contributed by atoms with Crippen molar-refractivity contribution >= 4 is 16.9 Å². The maximum Gasteiger partial charge on any atom is 0.312 e. The van der Waals surface area contributed by atoms with Crippen LogP contribution in [0.2, 0.25) is 0 Å². The standard InChI is InChI=1S/C26H20O6/c1-29-16-8-9-17(22(12-16)30-2)19-13-23(27)32-21-11-10-18-25(28)20(14-31-26(18)24(19)21)15-6-4-3-5-7-15/h3-12,14,19H,13H2,1-2H3/t19-/m1/s1. The van der Waals surface area contributed by atoms with E-state index < -0.39 is 5.92 Å². The van der Waals surface area contributed by atoms with E-state index in [4.69, 9.17) is 18.6 Å². The Kier molecular flexibility index (Phi) is 4.90. The summed E-state index contributed by atoms with van der Waals surface area (Å²) in [5.41, 5.74) is 2.96. The summed E-state index contributed by atoms with van der Waals surface area (Å²) in [6, 6.07) is 18.1. The zero-order valence-corrected chi connectivity index (χ0v) is 17.6. The van der Waals surface area contributed by atoms with Gasteiger partial charge in [-0.05, 0) is 23.8 Å². The average Bonchev–Trinajstić information content (AvgIpc) is 2.83. The molecule has 6 heteroatoms. The van der Waals surface area contributed by atoms with E-state index in [1.165, 1.54) is 6.26 Å². The minimum Gasteiger partial charge on any atom is -0.497 e. The lowest BCUT2D eigenvalue weighted by atomic mass is 9.84. The van der Waals surface area contributed by atoms with Crippen LogP contribution in [0, 0.1) is 0 Å². The number of hydrogen-bond acceptors (Lipinski definition) is 6. The fourth-order valence-corrected chi connectivity index (χ4v) is 4.24. The molecule has 1 aliphatic rings. The molecule has 160 valence electrons. The minimum absolute atomic E-state index is 0.0962. The molecule has 0 bridgehead atoms. The van der Waals surface area contributed by atoms with E-state index in [1.807, 2.05) is 42.5 Å². The van der Waals surface area contributed by atoms with Gasteiger partial charge in [-0.25, -0.2) is 0 Å². The molecule has 0 unspecified atom stereocenters. The summed E-state index contributed by atoms with van der Waals surface area (Å²) in [4.78, 5) is 25.7. The fourth-order valence-electron chi connectivity index (χ4n) is 4.24. The summed E-state index contributed by atoms with van der Waals surface area (Å²) in [6.07, 6.45) is 1.57. The second-order valence-electron chi connectivity index (χ2n) is 7.54. The van der Waals surface area contributed by atoms with Gasteiger partial charge in [-0.15, -0.1) is 0 Å². The summed E-state index contributed by atoms with van der Waals surface area (Å²) in [6.45, 7) is 0. The Hall–Kier alpha value is -4.06. The molecular formula is C26H20O6. The van der Waals surface area contributed by atoms with Crippen molar-refractivity contribution in [2.24, 2.45) is 0 Å². The molecule has 0 fully saturated rings. The Morgan fingerprint density at radius 2 is 1.75 bits per heavy atom. The molecule has 3 aromatic carbocycles. The number of methoxy groups -OCH3 is 2. The predicted molar refractivity (Wildman–Crippen MR) is 120 cm³/mol. The second kappa shape index (κ2) is 7.89. The van der Waals surface area contributed by atoms with Crippen molar-refractivity contribution in [3.05, 3.63) is 88.3 Å². The molecule has 0 N–H and O–H groups in total. The molecule has 1 aromatic heterocycles. The number of ether oxygens (including phenoxy) is 3. The van der Waals surface area contributed by atoms with E-state index >= 15 is 0 Å². The number of carbonyl (C=O) groups excluding carboxylic acids is 1. The van der Waals surface area contributed by atoms with Gasteiger partial charge in [-0.3, -0.25) is 9.59 Å². The summed E-state index contributed by atoms with van der Waals surface area (Å²) >= 11 is 0. The van der Waals surface area contributed by atoms with Crippen LogP contribution in [0.3, 0.4) is 0 Å².